The van der Waals surface area contributed by atoms with Gasteiger partial charge < -0.3 is 20.3 Å². The van der Waals surface area contributed by atoms with Crippen molar-refractivity contribution in [3.63, 3.8) is 0 Å². The minimum atomic E-state index is -0.307. The highest BCUT2D eigenvalue weighted by molar-refractivity contribution is 5.89. The summed E-state index contributed by atoms with van der Waals surface area (Å²) in [4.78, 5) is 27.3. The predicted octanol–water partition coefficient (Wildman–Crippen LogP) is 2.75. The number of amides is 2. The van der Waals surface area contributed by atoms with Gasteiger partial charge in [-0.1, -0.05) is 19.1 Å². The molecule has 0 radical (unpaired) electrons. The van der Waals surface area contributed by atoms with E-state index < -0.39 is 0 Å². The number of hydrogen-bond acceptors (Lipinski definition) is 6. The maximum Gasteiger partial charge on any atom is 0.321 e. The molecule has 2 N–H and O–H groups in total. The van der Waals surface area contributed by atoms with Crippen molar-refractivity contribution < 1.29 is 9.53 Å². The van der Waals surface area contributed by atoms with Gasteiger partial charge in [-0.2, -0.15) is 15.0 Å². The highest BCUT2D eigenvalue weighted by Crippen LogP contribution is 2.17. The zero-order chi connectivity index (χ0) is 19.1. The molecule has 2 heterocycles. The lowest BCUT2D eigenvalue weighted by atomic mass is 10.1. The van der Waals surface area contributed by atoms with Gasteiger partial charge in [0, 0.05) is 18.8 Å². The fourth-order valence-electron chi connectivity index (χ4n) is 2.95. The Balaban J connectivity index is 1.61. The summed E-state index contributed by atoms with van der Waals surface area (Å²) in [5.41, 5.74) is 1.97. The summed E-state index contributed by atoms with van der Waals surface area (Å²) in [6.07, 6.45) is 4.45. The lowest BCUT2D eigenvalue weighted by Gasteiger charge is -2.26. The number of hydrogen-bond donors (Lipinski definition) is 2. The van der Waals surface area contributed by atoms with Crippen molar-refractivity contribution in [1.29, 1.82) is 0 Å². The third-order valence-electron chi connectivity index (χ3n) is 4.50. The van der Waals surface area contributed by atoms with Crippen molar-refractivity contribution in [3.05, 3.63) is 35.7 Å². The monoisotopic (exact) mass is 370 g/mol. The molecule has 0 spiro atoms. The Morgan fingerprint density at radius 1 is 1.11 bits per heavy atom. The number of urea groups is 1. The number of nitrogens with one attached hydrogen (secondary N) is 2. The highest BCUT2D eigenvalue weighted by atomic mass is 16.5. The Morgan fingerprint density at radius 2 is 1.85 bits per heavy atom. The Labute approximate surface area is 159 Å². The van der Waals surface area contributed by atoms with Crippen molar-refractivity contribution in [2.24, 2.45) is 0 Å². The number of ether oxygens (including phenoxy) is 1. The van der Waals surface area contributed by atoms with E-state index >= 15 is 0 Å². The maximum atomic E-state index is 12.1. The topological polar surface area (TPSA) is 92.3 Å². The molecular formula is C19H26N6O2. The average molecular weight is 370 g/mol. The Bertz CT molecular complexity index is 759. The van der Waals surface area contributed by atoms with Gasteiger partial charge >= 0.3 is 12.0 Å². The minimum Gasteiger partial charge on any atom is -0.467 e. The second-order valence-electron chi connectivity index (χ2n) is 6.44. The van der Waals surface area contributed by atoms with Gasteiger partial charge in [0.25, 0.3) is 0 Å². The van der Waals surface area contributed by atoms with Gasteiger partial charge in [0.1, 0.15) is 0 Å². The van der Waals surface area contributed by atoms with E-state index in [1.807, 2.05) is 24.3 Å². The van der Waals surface area contributed by atoms with Crippen LogP contribution in [-0.2, 0) is 13.0 Å². The number of aryl methyl sites for hydroxylation is 1. The molecule has 0 bridgehead atoms. The summed E-state index contributed by atoms with van der Waals surface area (Å²) in [5, 5.41) is 5.59. The molecule has 0 aliphatic carbocycles. The molecule has 1 aliphatic rings. The number of methoxy groups -OCH3 is 1. The molecular weight excluding hydrogens is 344 g/mol. The van der Waals surface area contributed by atoms with Crippen LogP contribution in [0.3, 0.4) is 0 Å². The third kappa shape index (κ3) is 5.29. The first-order valence-corrected chi connectivity index (χ1v) is 9.35. The van der Waals surface area contributed by atoms with Crippen LogP contribution in [0.25, 0.3) is 0 Å². The molecule has 1 saturated heterocycles. The van der Waals surface area contributed by atoms with Crippen molar-refractivity contribution in [2.45, 2.75) is 39.2 Å². The molecule has 0 unspecified atom stereocenters. The fourth-order valence-corrected chi connectivity index (χ4v) is 2.95. The third-order valence-corrected chi connectivity index (χ3v) is 4.50. The van der Waals surface area contributed by atoms with Gasteiger partial charge in [-0.15, -0.1) is 0 Å². The van der Waals surface area contributed by atoms with Gasteiger partial charge in [0.05, 0.1) is 13.7 Å². The van der Waals surface area contributed by atoms with Crippen LogP contribution in [-0.4, -0.2) is 41.2 Å². The van der Waals surface area contributed by atoms with Crippen LogP contribution in [0.2, 0.25) is 0 Å². The second-order valence-corrected chi connectivity index (χ2v) is 6.44. The molecule has 3 rings (SSSR count). The van der Waals surface area contributed by atoms with E-state index in [0.29, 0.717) is 11.8 Å². The lowest BCUT2D eigenvalue weighted by Crippen LogP contribution is -2.32. The van der Waals surface area contributed by atoms with E-state index in [9.17, 15) is 4.79 Å². The molecule has 0 atom stereocenters. The summed E-state index contributed by atoms with van der Waals surface area (Å²) in [5.74, 6) is 1.08. The van der Waals surface area contributed by atoms with Crippen molar-refractivity contribution in [1.82, 2.24) is 20.3 Å². The van der Waals surface area contributed by atoms with Crippen molar-refractivity contribution in [3.8, 4) is 6.01 Å². The fraction of sp³-hybridized carbons (Fsp3) is 0.474. The number of nitrogens with zero attached hydrogens (tertiary/aromatic N) is 4. The normalized spacial score (nSPS) is 13.9. The number of rotatable bonds is 6. The van der Waals surface area contributed by atoms with Gasteiger partial charge in [-0.25, -0.2) is 4.79 Å². The zero-order valence-corrected chi connectivity index (χ0v) is 15.9. The Hall–Kier alpha value is -2.90. The largest absolute Gasteiger partial charge is 0.467 e. The summed E-state index contributed by atoms with van der Waals surface area (Å²) in [7, 11) is 1.53. The predicted molar refractivity (Wildman–Crippen MR) is 104 cm³/mol. The smallest absolute Gasteiger partial charge is 0.321 e. The molecule has 0 saturated carbocycles. The quantitative estimate of drug-likeness (QED) is 0.812. The number of carbonyl (C=O) groups excluding carboxylic acids is 1. The number of aromatic nitrogens is 3. The van der Waals surface area contributed by atoms with Crippen molar-refractivity contribution in [2.75, 3.05) is 30.4 Å². The number of carbonyl (C=O) groups is 1. The number of anilines is 2. The first-order chi connectivity index (χ1) is 13.2. The van der Waals surface area contributed by atoms with Crippen LogP contribution < -0.4 is 20.3 Å². The minimum absolute atomic E-state index is 0.193. The van der Waals surface area contributed by atoms with E-state index in [2.05, 4.69) is 37.4 Å². The standard InChI is InChI=1S/C19H26N6O2/c1-3-14-7-9-15(10-8-14)21-18(26)20-13-16-22-17(24-19(23-16)27-2)25-11-5-4-6-12-25/h7-10H,3-6,11-13H2,1-2H3,(H2,20,21,26). The van der Waals surface area contributed by atoms with Crippen molar-refractivity contribution >= 4 is 17.7 Å². The molecule has 144 valence electrons. The molecule has 2 amide bonds. The van der Waals surface area contributed by atoms with Gasteiger partial charge in [-0.05, 0) is 43.4 Å². The van der Waals surface area contributed by atoms with Crippen LogP contribution in [0.1, 0.15) is 37.6 Å². The second kappa shape index (κ2) is 9.16. The molecule has 1 fully saturated rings. The van der Waals surface area contributed by atoms with E-state index in [1.54, 1.807) is 0 Å². The lowest BCUT2D eigenvalue weighted by molar-refractivity contribution is 0.251. The summed E-state index contributed by atoms with van der Waals surface area (Å²) in [6, 6.07) is 7.72. The van der Waals surface area contributed by atoms with E-state index in [-0.39, 0.29) is 18.6 Å². The average Bonchev–Trinajstić information content (AvgIpc) is 2.73. The summed E-state index contributed by atoms with van der Waals surface area (Å²) in [6.45, 7) is 4.14. The zero-order valence-electron chi connectivity index (χ0n) is 15.9. The molecule has 1 aliphatic heterocycles. The maximum absolute atomic E-state index is 12.1. The van der Waals surface area contributed by atoms with Crippen LogP contribution in [0.4, 0.5) is 16.4 Å². The first-order valence-electron chi connectivity index (χ1n) is 9.35. The highest BCUT2D eigenvalue weighted by Gasteiger charge is 2.16. The van der Waals surface area contributed by atoms with E-state index in [0.717, 1.165) is 38.0 Å². The molecule has 2 aromatic rings. The molecule has 8 nitrogen and oxygen atoms in total. The number of benzene rings is 1. The van der Waals surface area contributed by atoms with Crippen LogP contribution in [0.5, 0.6) is 6.01 Å². The van der Waals surface area contributed by atoms with E-state index in [4.69, 9.17) is 4.74 Å². The SMILES string of the molecule is CCc1ccc(NC(=O)NCc2nc(OC)nc(N3CCCCC3)n2)cc1. The Kier molecular flexibility index (Phi) is 6.40. The summed E-state index contributed by atoms with van der Waals surface area (Å²) < 4.78 is 5.19. The molecule has 1 aromatic carbocycles. The van der Waals surface area contributed by atoms with Crippen LogP contribution >= 0.6 is 0 Å². The van der Waals surface area contributed by atoms with Gasteiger partial charge in [0.15, 0.2) is 5.82 Å². The molecule has 27 heavy (non-hydrogen) atoms. The van der Waals surface area contributed by atoms with E-state index in [1.165, 1.54) is 19.1 Å². The first kappa shape index (κ1) is 18.9. The molecule has 8 heteroatoms. The van der Waals surface area contributed by atoms with Crippen LogP contribution in [0, 0.1) is 0 Å². The summed E-state index contributed by atoms with van der Waals surface area (Å²) >= 11 is 0. The number of piperidine rings is 1. The van der Waals surface area contributed by atoms with Gasteiger partial charge in [0.2, 0.25) is 5.95 Å². The van der Waals surface area contributed by atoms with Gasteiger partial charge in [-0.3, -0.25) is 0 Å². The molecule has 1 aromatic heterocycles. The van der Waals surface area contributed by atoms with Crippen LogP contribution in [0.15, 0.2) is 24.3 Å². The Morgan fingerprint density at radius 3 is 2.52 bits per heavy atom.